The molecule has 0 aromatic carbocycles. The van der Waals surface area contributed by atoms with Crippen LogP contribution >= 0.6 is 0 Å². The first-order valence-electron chi connectivity index (χ1n) is 10.0. The molecule has 0 aliphatic carbocycles. The fourth-order valence-corrected chi connectivity index (χ4v) is 3.36. The van der Waals surface area contributed by atoms with Gasteiger partial charge in [0.1, 0.15) is 0 Å². The van der Waals surface area contributed by atoms with E-state index in [1.807, 2.05) is 0 Å². The van der Waals surface area contributed by atoms with Crippen LogP contribution in [-0.2, 0) is 0 Å². The highest BCUT2D eigenvalue weighted by Gasteiger charge is 2.16. The summed E-state index contributed by atoms with van der Waals surface area (Å²) in [6.07, 6.45) is 19.9. The van der Waals surface area contributed by atoms with Gasteiger partial charge in [0.25, 0.3) is 0 Å². The third-order valence-corrected chi connectivity index (χ3v) is 4.96. The molecule has 0 bridgehead atoms. The van der Waals surface area contributed by atoms with Crippen molar-refractivity contribution in [2.45, 2.75) is 103 Å². The topological polar surface area (TPSA) is 41.3 Å². The van der Waals surface area contributed by atoms with Crippen LogP contribution in [0.1, 0.15) is 96.8 Å². The predicted molar refractivity (Wildman–Crippen MR) is 97.9 cm³/mol. The Morgan fingerprint density at radius 2 is 1.32 bits per heavy atom. The lowest BCUT2D eigenvalue weighted by molar-refractivity contribution is 0.228. The molecule has 3 heteroatoms. The van der Waals surface area contributed by atoms with Gasteiger partial charge < -0.3 is 11.1 Å². The first-order valence-corrected chi connectivity index (χ1v) is 10.0. The van der Waals surface area contributed by atoms with E-state index in [4.69, 9.17) is 5.73 Å². The normalized spacial score (nSPS) is 17.2. The SMILES string of the molecule is CCCCCCCCCCCCCCCC(N)N1CCNC1. The van der Waals surface area contributed by atoms with Crippen molar-refractivity contribution in [1.29, 1.82) is 0 Å². The molecule has 1 aliphatic rings. The summed E-state index contributed by atoms with van der Waals surface area (Å²) in [4.78, 5) is 2.36. The number of hydrogen-bond acceptors (Lipinski definition) is 3. The van der Waals surface area contributed by atoms with Gasteiger partial charge in [0.15, 0.2) is 0 Å². The molecule has 1 aliphatic heterocycles. The molecule has 1 atom stereocenters. The van der Waals surface area contributed by atoms with Crippen molar-refractivity contribution in [2.24, 2.45) is 5.73 Å². The fourth-order valence-electron chi connectivity index (χ4n) is 3.36. The van der Waals surface area contributed by atoms with Crippen LogP contribution in [0.2, 0.25) is 0 Å². The second kappa shape index (κ2) is 14.5. The van der Waals surface area contributed by atoms with Crippen LogP contribution in [0.5, 0.6) is 0 Å². The van der Waals surface area contributed by atoms with E-state index in [9.17, 15) is 0 Å². The summed E-state index contributed by atoms with van der Waals surface area (Å²) in [5.74, 6) is 0. The van der Waals surface area contributed by atoms with Crippen LogP contribution in [0.15, 0.2) is 0 Å². The second-order valence-electron chi connectivity index (χ2n) is 7.07. The highest BCUT2D eigenvalue weighted by molar-refractivity contribution is 4.71. The maximum atomic E-state index is 6.20. The Morgan fingerprint density at radius 3 is 1.77 bits per heavy atom. The van der Waals surface area contributed by atoms with E-state index in [0.29, 0.717) is 0 Å². The van der Waals surface area contributed by atoms with Crippen molar-refractivity contribution < 1.29 is 0 Å². The van der Waals surface area contributed by atoms with Gasteiger partial charge in [-0.3, -0.25) is 4.90 Å². The quantitative estimate of drug-likeness (QED) is 0.434. The number of hydrogen-bond donors (Lipinski definition) is 2. The van der Waals surface area contributed by atoms with E-state index in [0.717, 1.165) is 19.8 Å². The number of nitrogens with two attached hydrogens (primary N) is 1. The summed E-state index contributed by atoms with van der Waals surface area (Å²) < 4.78 is 0. The Bertz CT molecular complexity index is 227. The van der Waals surface area contributed by atoms with Crippen LogP contribution < -0.4 is 11.1 Å². The zero-order valence-electron chi connectivity index (χ0n) is 15.1. The summed E-state index contributed by atoms with van der Waals surface area (Å²) in [5, 5.41) is 3.35. The third kappa shape index (κ3) is 10.6. The van der Waals surface area contributed by atoms with Crippen molar-refractivity contribution in [3.05, 3.63) is 0 Å². The first-order chi connectivity index (χ1) is 10.8. The molecule has 132 valence electrons. The Labute approximate surface area is 139 Å². The zero-order chi connectivity index (χ0) is 15.9. The molecular weight excluding hydrogens is 270 g/mol. The van der Waals surface area contributed by atoms with Crippen molar-refractivity contribution in [2.75, 3.05) is 19.8 Å². The summed E-state index contributed by atoms with van der Waals surface area (Å²) in [6, 6.07) is 0. The van der Waals surface area contributed by atoms with E-state index >= 15 is 0 Å². The lowest BCUT2D eigenvalue weighted by Gasteiger charge is -2.22. The molecule has 0 amide bonds. The molecule has 0 radical (unpaired) electrons. The molecule has 1 saturated heterocycles. The monoisotopic (exact) mass is 311 g/mol. The van der Waals surface area contributed by atoms with Gasteiger partial charge in [-0.15, -0.1) is 0 Å². The van der Waals surface area contributed by atoms with Crippen molar-refractivity contribution in [3.63, 3.8) is 0 Å². The van der Waals surface area contributed by atoms with Gasteiger partial charge in [0.2, 0.25) is 0 Å². The summed E-state index contributed by atoms with van der Waals surface area (Å²) >= 11 is 0. The number of nitrogens with one attached hydrogen (secondary N) is 1. The zero-order valence-corrected chi connectivity index (χ0v) is 15.1. The minimum Gasteiger partial charge on any atom is -0.316 e. The van der Waals surface area contributed by atoms with Crippen molar-refractivity contribution in [1.82, 2.24) is 10.2 Å². The predicted octanol–water partition coefficient (Wildman–Crippen LogP) is 4.62. The van der Waals surface area contributed by atoms with Crippen LogP contribution in [0.3, 0.4) is 0 Å². The Balaban J connectivity index is 1.72. The van der Waals surface area contributed by atoms with Gasteiger partial charge in [0, 0.05) is 19.8 Å². The largest absolute Gasteiger partial charge is 0.316 e. The average molecular weight is 312 g/mol. The van der Waals surface area contributed by atoms with Gasteiger partial charge in [-0.05, 0) is 6.42 Å². The van der Waals surface area contributed by atoms with Gasteiger partial charge in [-0.2, -0.15) is 0 Å². The Hall–Kier alpha value is -0.120. The summed E-state index contributed by atoms with van der Waals surface area (Å²) in [5.41, 5.74) is 6.20. The van der Waals surface area contributed by atoms with Crippen molar-refractivity contribution in [3.8, 4) is 0 Å². The molecule has 1 unspecified atom stereocenters. The van der Waals surface area contributed by atoms with E-state index < -0.39 is 0 Å². The molecular formula is C19H41N3. The molecule has 22 heavy (non-hydrogen) atoms. The Morgan fingerprint density at radius 1 is 0.818 bits per heavy atom. The van der Waals surface area contributed by atoms with Crippen LogP contribution in [0.4, 0.5) is 0 Å². The Kier molecular flexibility index (Phi) is 13.1. The maximum Gasteiger partial charge on any atom is 0.0583 e. The first kappa shape index (κ1) is 19.9. The van der Waals surface area contributed by atoms with Crippen LogP contribution in [-0.4, -0.2) is 30.8 Å². The molecule has 3 nitrogen and oxygen atoms in total. The van der Waals surface area contributed by atoms with Gasteiger partial charge in [-0.1, -0.05) is 90.4 Å². The highest BCUT2D eigenvalue weighted by atomic mass is 15.3. The maximum absolute atomic E-state index is 6.20. The van der Waals surface area contributed by atoms with Gasteiger partial charge >= 0.3 is 0 Å². The van der Waals surface area contributed by atoms with Crippen LogP contribution in [0.25, 0.3) is 0 Å². The van der Waals surface area contributed by atoms with Crippen molar-refractivity contribution >= 4 is 0 Å². The molecule has 1 heterocycles. The standard InChI is InChI=1S/C19H41N3/c1-2-3-4-5-6-7-8-9-10-11-12-13-14-15-19(20)22-17-16-21-18-22/h19,21H,2-18,20H2,1H3. The fraction of sp³-hybridized carbons (Fsp3) is 1.00. The van der Waals surface area contributed by atoms with E-state index in [1.54, 1.807) is 0 Å². The number of rotatable bonds is 15. The van der Waals surface area contributed by atoms with Gasteiger partial charge in [0.05, 0.1) is 6.17 Å². The lowest BCUT2D eigenvalue weighted by Crippen LogP contribution is -2.40. The number of unbranched alkanes of at least 4 members (excludes halogenated alkanes) is 12. The third-order valence-electron chi connectivity index (χ3n) is 4.96. The average Bonchev–Trinajstić information content (AvgIpc) is 3.06. The summed E-state index contributed by atoms with van der Waals surface area (Å²) in [7, 11) is 0. The van der Waals surface area contributed by atoms with Crippen LogP contribution in [0, 0.1) is 0 Å². The van der Waals surface area contributed by atoms with E-state index in [1.165, 1.54) is 89.9 Å². The van der Waals surface area contributed by atoms with E-state index in [-0.39, 0.29) is 6.17 Å². The molecule has 3 N–H and O–H groups in total. The molecule has 0 spiro atoms. The highest BCUT2D eigenvalue weighted by Crippen LogP contribution is 2.13. The lowest BCUT2D eigenvalue weighted by atomic mass is 10.0. The molecule has 1 rings (SSSR count). The second-order valence-corrected chi connectivity index (χ2v) is 7.07. The molecule has 0 aromatic heterocycles. The molecule has 0 aromatic rings. The number of nitrogens with zero attached hydrogens (tertiary/aromatic N) is 1. The molecule has 1 fully saturated rings. The van der Waals surface area contributed by atoms with Gasteiger partial charge in [-0.25, -0.2) is 0 Å². The molecule has 0 saturated carbocycles. The summed E-state index contributed by atoms with van der Waals surface area (Å²) in [6.45, 7) is 5.50. The minimum atomic E-state index is 0.280. The smallest absolute Gasteiger partial charge is 0.0583 e. The minimum absolute atomic E-state index is 0.280. The van der Waals surface area contributed by atoms with E-state index in [2.05, 4.69) is 17.1 Å².